The molecule has 4 heteroatoms. The monoisotopic (exact) mass is 253 g/mol. The van der Waals surface area contributed by atoms with Gasteiger partial charge in [0.05, 0.1) is 6.10 Å². The number of thioether (sulfide) groups is 1. The quantitative estimate of drug-likeness (QED) is 0.780. The Morgan fingerprint density at radius 2 is 2.25 bits per heavy atom. The highest BCUT2D eigenvalue weighted by Gasteiger charge is 2.29. The van der Waals surface area contributed by atoms with E-state index in [4.69, 9.17) is 0 Å². The van der Waals surface area contributed by atoms with Crippen LogP contribution in [-0.2, 0) is 5.11 Å². The molecule has 0 aromatic carbocycles. The topological polar surface area (TPSA) is 40.1 Å². The van der Waals surface area contributed by atoms with Crippen LogP contribution >= 0.6 is 27.7 Å². The highest BCUT2D eigenvalue weighted by atomic mass is 79.9. The number of alkyl halides is 1. The summed E-state index contributed by atoms with van der Waals surface area (Å²) in [5.41, 5.74) is 0. The average molecular weight is 254 g/mol. The van der Waals surface area contributed by atoms with Crippen molar-refractivity contribution >= 4 is 27.7 Å². The molecule has 2 nitrogen and oxygen atoms in total. The minimum absolute atomic E-state index is 0.131. The van der Waals surface area contributed by atoms with Gasteiger partial charge in [-0.1, -0.05) is 15.9 Å². The van der Waals surface area contributed by atoms with Crippen LogP contribution in [0, 0.1) is 0 Å². The third-order valence-corrected chi connectivity index (χ3v) is 4.40. The molecule has 1 saturated carbocycles. The molecular weight excluding hydrogens is 240 g/mol. The van der Waals surface area contributed by atoms with Crippen molar-refractivity contribution in [1.29, 1.82) is 0 Å². The van der Waals surface area contributed by atoms with Crippen molar-refractivity contribution in [3.05, 3.63) is 0 Å². The summed E-state index contributed by atoms with van der Waals surface area (Å²) in [5, 5.41) is 21.8. The Balaban J connectivity index is 2.28. The molecule has 3 atom stereocenters. The van der Waals surface area contributed by atoms with E-state index in [9.17, 15) is 10.2 Å². The number of aliphatic hydroxyl groups excluding tert-OH is 1. The highest BCUT2D eigenvalue weighted by Crippen LogP contribution is 2.29. The zero-order chi connectivity index (χ0) is 8.97. The summed E-state index contributed by atoms with van der Waals surface area (Å²) in [6.07, 6.45) is 1.33. The van der Waals surface area contributed by atoms with Crippen molar-refractivity contribution in [1.82, 2.24) is 0 Å². The minimum atomic E-state index is -0.461. The van der Waals surface area contributed by atoms with Crippen LogP contribution in [0.4, 0.5) is 0 Å². The van der Waals surface area contributed by atoms with Gasteiger partial charge >= 0.3 is 0 Å². The van der Waals surface area contributed by atoms with Crippen molar-refractivity contribution in [3.8, 4) is 0 Å². The summed E-state index contributed by atoms with van der Waals surface area (Å²) < 4.78 is 0. The highest BCUT2D eigenvalue weighted by molar-refractivity contribution is 9.09. The fourth-order valence-electron chi connectivity index (χ4n) is 1.45. The van der Waals surface area contributed by atoms with Crippen LogP contribution in [0.5, 0.6) is 0 Å². The fraction of sp³-hybridized carbons (Fsp3) is 1.00. The van der Waals surface area contributed by atoms with E-state index in [0.29, 0.717) is 19.3 Å². The molecule has 1 N–H and O–H groups in total. The van der Waals surface area contributed by atoms with Crippen LogP contribution in [0.25, 0.3) is 0 Å². The smallest absolute Gasteiger partial charge is 0.105 e. The Labute approximate surface area is 85.9 Å². The lowest BCUT2D eigenvalue weighted by Gasteiger charge is -2.28. The predicted octanol–water partition coefficient (Wildman–Crippen LogP) is 1.83. The summed E-state index contributed by atoms with van der Waals surface area (Å²) in [6.45, 7) is 0. The van der Waals surface area contributed by atoms with Gasteiger partial charge in [0.15, 0.2) is 0 Å². The van der Waals surface area contributed by atoms with Crippen LogP contribution in [0.15, 0.2) is 0 Å². The molecule has 1 aliphatic rings. The maximum absolute atomic E-state index is 11.4. The van der Waals surface area contributed by atoms with Crippen LogP contribution in [-0.4, -0.2) is 33.6 Å². The Morgan fingerprint density at radius 1 is 1.50 bits per heavy atom. The third kappa shape index (κ3) is 3.24. The Bertz CT molecular complexity index is 134. The van der Waals surface area contributed by atoms with E-state index in [1.54, 1.807) is 11.8 Å². The molecule has 0 amide bonds. The van der Waals surface area contributed by atoms with Gasteiger partial charge in [0.25, 0.3) is 0 Å². The SMILES string of the molecule is [O]C1CCC(O)CC1SCCBr. The first-order valence-electron chi connectivity index (χ1n) is 4.25. The lowest BCUT2D eigenvalue weighted by atomic mass is 9.95. The molecule has 0 aliphatic heterocycles. The molecule has 1 radical (unpaired) electrons. The molecular formula is C8H14BrO2S. The van der Waals surface area contributed by atoms with Crippen LogP contribution in [0.1, 0.15) is 19.3 Å². The second-order valence-electron chi connectivity index (χ2n) is 3.10. The average Bonchev–Trinajstić information content (AvgIpc) is 2.07. The number of rotatable bonds is 3. The lowest BCUT2D eigenvalue weighted by molar-refractivity contribution is 0.0183. The second kappa shape index (κ2) is 5.47. The van der Waals surface area contributed by atoms with E-state index in [2.05, 4.69) is 15.9 Å². The summed E-state index contributed by atoms with van der Waals surface area (Å²) >= 11 is 5.02. The fourth-order valence-corrected chi connectivity index (χ4v) is 3.11. The van der Waals surface area contributed by atoms with E-state index in [1.165, 1.54) is 0 Å². The first-order valence-corrected chi connectivity index (χ1v) is 6.42. The molecule has 1 rings (SSSR count). The van der Waals surface area contributed by atoms with E-state index in [1.807, 2.05) is 0 Å². The molecule has 0 heterocycles. The van der Waals surface area contributed by atoms with Crippen LogP contribution < -0.4 is 0 Å². The van der Waals surface area contributed by atoms with Crippen LogP contribution in [0.2, 0.25) is 0 Å². The van der Waals surface area contributed by atoms with Gasteiger partial charge in [-0.05, 0) is 19.3 Å². The van der Waals surface area contributed by atoms with Crippen molar-refractivity contribution in [2.45, 2.75) is 36.7 Å². The van der Waals surface area contributed by atoms with Crippen molar-refractivity contribution in [2.24, 2.45) is 0 Å². The molecule has 1 aliphatic carbocycles. The molecule has 3 unspecified atom stereocenters. The van der Waals surface area contributed by atoms with Crippen LogP contribution in [0.3, 0.4) is 0 Å². The van der Waals surface area contributed by atoms with E-state index >= 15 is 0 Å². The Kier molecular flexibility index (Phi) is 4.94. The molecule has 0 aromatic rings. The lowest BCUT2D eigenvalue weighted by Crippen LogP contribution is -2.33. The maximum Gasteiger partial charge on any atom is 0.105 e. The van der Waals surface area contributed by atoms with E-state index < -0.39 is 6.10 Å². The number of aliphatic hydroxyl groups is 1. The molecule has 0 saturated heterocycles. The standard InChI is InChI=1S/C8H14BrO2S/c9-3-4-12-8-5-6(10)1-2-7(8)11/h6-8,10H,1-5H2. The number of hydrogen-bond donors (Lipinski definition) is 1. The van der Waals surface area contributed by atoms with Crippen molar-refractivity contribution in [3.63, 3.8) is 0 Å². The van der Waals surface area contributed by atoms with E-state index in [-0.39, 0.29) is 11.4 Å². The van der Waals surface area contributed by atoms with Gasteiger partial charge in [0.2, 0.25) is 0 Å². The normalized spacial score (nSPS) is 36.8. The maximum atomic E-state index is 11.4. The Hall–Kier alpha value is 0.750. The van der Waals surface area contributed by atoms with Crippen molar-refractivity contribution < 1.29 is 10.2 Å². The third-order valence-electron chi connectivity index (χ3n) is 2.11. The van der Waals surface area contributed by atoms with Gasteiger partial charge in [-0.25, -0.2) is 5.11 Å². The molecule has 0 spiro atoms. The molecule has 1 fully saturated rings. The Morgan fingerprint density at radius 3 is 2.92 bits per heavy atom. The van der Waals surface area contributed by atoms with Crippen molar-refractivity contribution in [2.75, 3.05) is 11.1 Å². The largest absolute Gasteiger partial charge is 0.393 e. The van der Waals surface area contributed by atoms with Gasteiger partial charge in [-0.15, -0.1) is 0 Å². The summed E-state index contributed by atoms with van der Waals surface area (Å²) in [6, 6.07) is 0. The summed E-state index contributed by atoms with van der Waals surface area (Å²) in [7, 11) is 0. The first kappa shape index (κ1) is 10.8. The first-order chi connectivity index (χ1) is 5.74. The van der Waals surface area contributed by atoms with Gasteiger partial charge in [-0.3, -0.25) is 0 Å². The number of hydrogen-bond acceptors (Lipinski definition) is 2. The predicted molar refractivity (Wildman–Crippen MR) is 54.4 cm³/mol. The van der Waals surface area contributed by atoms with Gasteiger partial charge in [0.1, 0.15) is 6.10 Å². The zero-order valence-electron chi connectivity index (χ0n) is 6.91. The van der Waals surface area contributed by atoms with Gasteiger partial charge in [-0.2, -0.15) is 11.8 Å². The minimum Gasteiger partial charge on any atom is -0.393 e. The van der Waals surface area contributed by atoms with Gasteiger partial charge < -0.3 is 5.11 Å². The molecule has 71 valence electrons. The van der Waals surface area contributed by atoms with Gasteiger partial charge in [0, 0.05) is 16.3 Å². The second-order valence-corrected chi connectivity index (χ2v) is 5.24. The zero-order valence-corrected chi connectivity index (χ0v) is 9.31. The van der Waals surface area contributed by atoms with E-state index in [0.717, 1.165) is 11.1 Å². The molecule has 0 bridgehead atoms. The molecule has 0 aromatic heterocycles. The summed E-state index contributed by atoms with van der Waals surface area (Å²) in [5.74, 6) is 0.968. The number of halogens is 1. The molecule has 12 heavy (non-hydrogen) atoms. The summed E-state index contributed by atoms with van der Waals surface area (Å²) in [4.78, 5) is 0.